The zero-order chi connectivity index (χ0) is 18.8. The Hall–Kier alpha value is -0.410. The standard InChI is InChI=1S/C20H37N5S.HI/c1-5-21-20(22-10-6-7-16(2)3)23-13-18-8-11-25(12-9-18)14-19-15-26-17(4)24-19;/h15-16,18H,5-14H2,1-4H3,(H2,21,22,23);1H. The molecule has 0 aromatic carbocycles. The molecule has 1 saturated heterocycles. The monoisotopic (exact) mass is 507 g/mol. The quantitative estimate of drug-likeness (QED) is 0.227. The van der Waals surface area contributed by atoms with Gasteiger partial charge in [0.15, 0.2) is 5.96 Å². The molecule has 2 N–H and O–H groups in total. The number of hydrogen-bond acceptors (Lipinski definition) is 4. The molecule has 0 unspecified atom stereocenters. The average molecular weight is 508 g/mol. The van der Waals surface area contributed by atoms with Crippen LogP contribution in [-0.4, -0.2) is 48.6 Å². The molecule has 0 spiro atoms. The van der Waals surface area contributed by atoms with Gasteiger partial charge in [-0.1, -0.05) is 13.8 Å². The average Bonchev–Trinajstić information content (AvgIpc) is 3.02. The molecular formula is C20H38IN5S. The van der Waals surface area contributed by atoms with Crippen molar-refractivity contribution in [3.05, 3.63) is 16.1 Å². The van der Waals surface area contributed by atoms with Crippen molar-refractivity contribution in [3.63, 3.8) is 0 Å². The van der Waals surface area contributed by atoms with Crippen molar-refractivity contribution in [1.82, 2.24) is 20.5 Å². The van der Waals surface area contributed by atoms with Gasteiger partial charge < -0.3 is 10.6 Å². The lowest BCUT2D eigenvalue weighted by atomic mass is 9.97. The molecule has 1 fully saturated rings. The van der Waals surface area contributed by atoms with E-state index in [0.29, 0.717) is 5.92 Å². The first-order valence-corrected chi connectivity index (χ1v) is 11.1. The predicted octanol–water partition coefficient (Wildman–Crippen LogP) is 4.27. The van der Waals surface area contributed by atoms with E-state index in [1.54, 1.807) is 11.3 Å². The zero-order valence-corrected chi connectivity index (χ0v) is 20.6. The third-order valence-electron chi connectivity index (χ3n) is 4.86. The molecule has 0 atom stereocenters. The number of aryl methyl sites for hydroxylation is 1. The molecule has 0 saturated carbocycles. The fraction of sp³-hybridized carbons (Fsp3) is 0.800. The fourth-order valence-electron chi connectivity index (χ4n) is 3.32. The summed E-state index contributed by atoms with van der Waals surface area (Å²) < 4.78 is 0. The summed E-state index contributed by atoms with van der Waals surface area (Å²) in [6, 6.07) is 0. The summed E-state index contributed by atoms with van der Waals surface area (Å²) in [5.41, 5.74) is 1.23. The summed E-state index contributed by atoms with van der Waals surface area (Å²) in [7, 11) is 0. The Morgan fingerprint density at radius 2 is 2.07 bits per heavy atom. The molecule has 156 valence electrons. The molecule has 2 heterocycles. The summed E-state index contributed by atoms with van der Waals surface area (Å²) in [5.74, 6) is 2.46. The Morgan fingerprint density at radius 1 is 1.33 bits per heavy atom. The van der Waals surface area contributed by atoms with Gasteiger partial charge in [0, 0.05) is 31.6 Å². The maximum Gasteiger partial charge on any atom is 0.191 e. The van der Waals surface area contributed by atoms with Gasteiger partial charge in [-0.15, -0.1) is 35.3 Å². The topological polar surface area (TPSA) is 52.6 Å². The number of nitrogens with one attached hydrogen (secondary N) is 2. The molecule has 0 radical (unpaired) electrons. The van der Waals surface area contributed by atoms with Crippen molar-refractivity contribution >= 4 is 41.3 Å². The second-order valence-electron chi connectivity index (χ2n) is 7.76. The zero-order valence-electron chi connectivity index (χ0n) is 17.5. The van der Waals surface area contributed by atoms with Crippen molar-refractivity contribution in [3.8, 4) is 0 Å². The van der Waals surface area contributed by atoms with E-state index in [9.17, 15) is 0 Å². The van der Waals surface area contributed by atoms with Crippen molar-refractivity contribution < 1.29 is 0 Å². The van der Waals surface area contributed by atoms with Gasteiger partial charge >= 0.3 is 0 Å². The van der Waals surface area contributed by atoms with Gasteiger partial charge in [0.2, 0.25) is 0 Å². The summed E-state index contributed by atoms with van der Waals surface area (Å²) in [4.78, 5) is 12.0. The van der Waals surface area contributed by atoms with Crippen LogP contribution in [0.15, 0.2) is 10.4 Å². The minimum absolute atomic E-state index is 0. The fourth-order valence-corrected chi connectivity index (χ4v) is 3.92. The largest absolute Gasteiger partial charge is 0.357 e. The Bertz CT molecular complexity index is 538. The van der Waals surface area contributed by atoms with Crippen LogP contribution in [0.4, 0.5) is 0 Å². The van der Waals surface area contributed by atoms with E-state index < -0.39 is 0 Å². The van der Waals surface area contributed by atoms with Crippen LogP contribution < -0.4 is 10.6 Å². The predicted molar refractivity (Wildman–Crippen MR) is 128 cm³/mol. The van der Waals surface area contributed by atoms with Gasteiger partial charge in [0.05, 0.1) is 10.7 Å². The lowest BCUT2D eigenvalue weighted by Crippen LogP contribution is -2.39. The van der Waals surface area contributed by atoms with Gasteiger partial charge in [0.25, 0.3) is 0 Å². The first-order valence-electron chi connectivity index (χ1n) is 10.2. The number of halogens is 1. The van der Waals surface area contributed by atoms with E-state index in [-0.39, 0.29) is 24.0 Å². The van der Waals surface area contributed by atoms with Gasteiger partial charge in [-0.3, -0.25) is 9.89 Å². The van der Waals surface area contributed by atoms with Crippen LogP contribution in [0.25, 0.3) is 0 Å². The highest BCUT2D eigenvalue weighted by atomic mass is 127. The third kappa shape index (κ3) is 10.1. The molecule has 2 rings (SSSR count). The van der Waals surface area contributed by atoms with Gasteiger partial charge in [-0.05, 0) is 64.5 Å². The Balaban J connectivity index is 0.00000364. The first-order chi connectivity index (χ1) is 12.6. The lowest BCUT2D eigenvalue weighted by molar-refractivity contribution is 0.179. The van der Waals surface area contributed by atoms with Crippen LogP contribution in [0.5, 0.6) is 0 Å². The van der Waals surface area contributed by atoms with E-state index in [4.69, 9.17) is 4.99 Å². The number of aromatic nitrogens is 1. The van der Waals surface area contributed by atoms with Gasteiger partial charge in [-0.25, -0.2) is 4.98 Å². The summed E-state index contributed by atoms with van der Waals surface area (Å²) in [5, 5.41) is 10.2. The number of likely N-dealkylation sites (tertiary alicyclic amines) is 1. The smallest absolute Gasteiger partial charge is 0.191 e. The second kappa shape index (κ2) is 13.7. The molecule has 7 heteroatoms. The molecule has 0 bridgehead atoms. The van der Waals surface area contributed by atoms with E-state index in [0.717, 1.165) is 51.1 Å². The van der Waals surface area contributed by atoms with Gasteiger partial charge in [-0.2, -0.15) is 0 Å². The van der Waals surface area contributed by atoms with Crippen molar-refractivity contribution in [2.45, 2.75) is 59.9 Å². The molecule has 1 aromatic heterocycles. The highest BCUT2D eigenvalue weighted by Crippen LogP contribution is 2.20. The van der Waals surface area contributed by atoms with Crippen LogP contribution in [0.1, 0.15) is 57.2 Å². The van der Waals surface area contributed by atoms with Crippen molar-refractivity contribution in [1.29, 1.82) is 0 Å². The number of thiazole rings is 1. The maximum atomic E-state index is 4.83. The van der Waals surface area contributed by atoms with Crippen molar-refractivity contribution in [2.75, 3.05) is 32.7 Å². The van der Waals surface area contributed by atoms with Crippen LogP contribution in [-0.2, 0) is 6.54 Å². The number of piperidine rings is 1. The maximum absolute atomic E-state index is 4.83. The third-order valence-corrected chi connectivity index (χ3v) is 5.68. The minimum Gasteiger partial charge on any atom is -0.357 e. The molecule has 0 amide bonds. The number of aliphatic imine (C=N–C) groups is 1. The molecule has 0 aliphatic carbocycles. The van der Waals surface area contributed by atoms with E-state index >= 15 is 0 Å². The molecule has 1 aliphatic rings. The highest BCUT2D eigenvalue weighted by Gasteiger charge is 2.19. The molecule has 5 nitrogen and oxygen atoms in total. The molecule has 1 aromatic rings. The molecule has 1 aliphatic heterocycles. The Labute approximate surface area is 186 Å². The van der Waals surface area contributed by atoms with E-state index in [2.05, 4.69) is 53.6 Å². The molecular weight excluding hydrogens is 469 g/mol. The SMILES string of the molecule is CCNC(=NCC1CCN(Cc2csc(C)n2)CC1)NCCCC(C)C.I. The number of nitrogens with zero attached hydrogens (tertiary/aromatic N) is 3. The minimum atomic E-state index is 0. The number of guanidine groups is 1. The number of rotatable bonds is 9. The second-order valence-corrected chi connectivity index (χ2v) is 8.82. The normalized spacial score (nSPS) is 16.4. The number of hydrogen-bond donors (Lipinski definition) is 2. The summed E-state index contributed by atoms with van der Waals surface area (Å²) >= 11 is 1.75. The summed E-state index contributed by atoms with van der Waals surface area (Å²) in [6.45, 7) is 15.0. The lowest BCUT2D eigenvalue weighted by Gasteiger charge is -2.30. The van der Waals surface area contributed by atoms with Gasteiger partial charge in [0.1, 0.15) is 0 Å². The summed E-state index contributed by atoms with van der Waals surface area (Å²) in [6.07, 6.45) is 4.94. The van der Waals surface area contributed by atoms with Crippen molar-refractivity contribution in [2.24, 2.45) is 16.8 Å². The van der Waals surface area contributed by atoms with Crippen LogP contribution in [0.2, 0.25) is 0 Å². The first kappa shape index (κ1) is 24.6. The van der Waals surface area contributed by atoms with E-state index in [1.165, 1.54) is 36.4 Å². The van der Waals surface area contributed by atoms with E-state index in [1.807, 2.05) is 0 Å². The van der Waals surface area contributed by atoms with Crippen LogP contribution >= 0.6 is 35.3 Å². The van der Waals surface area contributed by atoms with Crippen LogP contribution in [0, 0.1) is 18.8 Å². The van der Waals surface area contributed by atoms with Crippen LogP contribution in [0.3, 0.4) is 0 Å². The molecule has 27 heavy (non-hydrogen) atoms. The Morgan fingerprint density at radius 3 is 2.67 bits per heavy atom. The highest BCUT2D eigenvalue weighted by molar-refractivity contribution is 14.0. The Kier molecular flexibility index (Phi) is 12.5.